The number of carboxylic acids is 1. The minimum absolute atomic E-state index is 0.0795. The van der Waals surface area contributed by atoms with Gasteiger partial charge in [0.25, 0.3) is 0 Å². The van der Waals surface area contributed by atoms with E-state index in [9.17, 15) is 14.7 Å². The van der Waals surface area contributed by atoms with E-state index in [1.807, 2.05) is 0 Å². The van der Waals surface area contributed by atoms with Crippen LogP contribution in [0.15, 0.2) is 11.6 Å². The molecule has 0 aliphatic heterocycles. The molecule has 0 heterocycles. The minimum atomic E-state index is -0.548. The number of carboxylic acid groups (broad SMARTS) is 1. The Labute approximate surface area is 194 Å². The van der Waals surface area contributed by atoms with Crippen LogP contribution in [0.3, 0.4) is 0 Å². The predicted octanol–water partition coefficient (Wildman–Crippen LogP) is 7.05. The molecule has 0 saturated heterocycles. The van der Waals surface area contributed by atoms with Gasteiger partial charge >= 0.3 is 5.97 Å². The van der Waals surface area contributed by atoms with Crippen LogP contribution in [0, 0.1) is 50.7 Å². The first kappa shape index (κ1) is 22.7. The molecule has 0 amide bonds. The molecule has 0 bridgehead atoms. The highest BCUT2D eigenvalue weighted by molar-refractivity contribution is 5.85. The van der Waals surface area contributed by atoms with Crippen molar-refractivity contribution in [1.82, 2.24) is 0 Å². The summed E-state index contributed by atoms with van der Waals surface area (Å²) in [6.45, 7) is 14.3. The van der Waals surface area contributed by atoms with Crippen molar-refractivity contribution >= 4 is 11.8 Å². The number of allylic oxidation sites excluding steroid dienone is 2. The Hall–Kier alpha value is -1.12. The predicted molar refractivity (Wildman–Crippen MR) is 127 cm³/mol. The fourth-order valence-corrected chi connectivity index (χ4v) is 10.3. The molecule has 5 aliphatic rings. The van der Waals surface area contributed by atoms with Crippen LogP contribution in [0.5, 0.6) is 0 Å². The summed E-state index contributed by atoms with van der Waals surface area (Å²) in [6.07, 6.45) is 12.4. The Bertz CT molecular complexity index is 885. The number of carbonyl (C=O) groups excluding carboxylic acids is 1. The summed E-state index contributed by atoms with van der Waals surface area (Å²) in [4.78, 5) is 25.5. The van der Waals surface area contributed by atoms with E-state index < -0.39 is 11.4 Å². The van der Waals surface area contributed by atoms with Crippen molar-refractivity contribution in [2.45, 2.75) is 106 Å². The van der Waals surface area contributed by atoms with Gasteiger partial charge in [-0.3, -0.25) is 9.59 Å². The molecule has 1 N–H and O–H groups in total. The fourth-order valence-electron chi connectivity index (χ4n) is 10.3. The van der Waals surface area contributed by atoms with Gasteiger partial charge in [0.2, 0.25) is 0 Å². The lowest BCUT2D eigenvalue weighted by molar-refractivity contribution is -0.188. The van der Waals surface area contributed by atoms with Crippen LogP contribution >= 0.6 is 0 Å². The highest BCUT2D eigenvalue weighted by atomic mass is 16.4. The van der Waals surface area contributed by atoms with Crippen LogP contribution in [0.2, 0.25) is 0 Å². The third kappa shape index (κ3) is 2.55. The van der Waals surface area contributed by atoms with Crippen molar-refractivity contribution in [3.05, 3.63) is 11.6 Å². The number of fused-ring (bicyclic) bond motifs is 7. The van der Waals surface area contributed by atoms with Crippen molar-refractivity contribution in [1.29, 1.82) is 0 Å². The number of Topliss-reactive ketones (excluding diaryl/α,β-unsaturated/α-hetero) is 1. The second-order valence-corrected chi connectivity index (χ2v) is 13.8. The maximum absolute atomic E-state index is 12.9. The summed E-state index contributed by atoms with van der Waals surface area (Å²) in [7, 11) is 0. The zero-order valence-electron chi connectivity index (χ0n) is 21.2. The molecule has 0 spiro atoms. The van der Waals surface area contributed by atoms with Crippen LogP contribution in [0.4, 0.5) is 0 Å². The zero-order chi connectivity index (χ0) is 23.3. The Kier molecular flexibility index (Phi) is 4.76. The number of hydrogen-bond acceptors (Lipinski definition) is 2. The first-order chi connectivity index (χ1) is 14.8. The van der Waals surface area contributed by atoms with Crippen molar-refractivity contribution in [3.63, 3.8) is 0 Å². The van der Waals surface area contributed by atoms with E-state index in [0.29, 0.717) is 23.5 Å². The molecule has 3 heteroatoms. The summed E-state index contributed by atoms with van der Waals surface area (Å²) in [5.41, 5.74) is 1.20. The van der Waals surface area contributed by atoms with Gasteiger partial charge in [0.05, 0.1) is 5.41 Å². The lowest BCUT2D eigenvalue weighted by atomic mass is 9.34. The lowest BCUT2D eigenvalue weighted by Crippen LogP contribution is -2.64. The van der Waals surface area contributed by atoms with E-state index in [1.54, 1.807) is 0 Å². The van der Waals surface area contributed by atoms with Gasteiger partial charge in [-0.25, -0.2) is 0 Å². The van der Waals surface area contributed by atoms with Crippen LogP contribution in [-0.2, 0) is 9.59 Å². The Balaban J connectivity index is 1.60. The summed E-state index contributed by atoms with van der Waals surface area (Å²) < 4.78 is 0. The number of rotatable bonds is 1. The number of aliphatic carboxylic acids is 1. The third-order valence-corrected chi connectivity index (χ3v) is 12.5. The summed E-state index contributed by atoms with van der Waals surface area (Å²) in [5.74, 6) is 1.77. The molecule has 0 aromatic heterocycles. The summed E-state index contributed by atoms with van der Waals surface area (Å²) >= 11 is 0. The van der Waals surface area contributed by atoms with Gasteiger partial charge in [0, 0.05) is 11.8 Å². The van der Waals surface area contributed by atoms with E-state index in [4.69, 9.17) is 0 Å². The van der Waals surface area contributed by atoms with E-state index >= 15 is 0 Å². The molecule has 178 valence electrons. The average Bonchev–Trinajstić information content (AvgIpc) is 2.71. The lowest BCUT2D eigenvalue weighted by Gasteiger charge is -2.70. The number of ketones is 1. The van der Waals surface area contributed by atoms with Gasteiger partial charge in [-0.1, -0.05) is 53.2 Å². The minimum Gasteiger partial charge on any atom is -0.481 e. The SMILES string of the molecule is C[C@H]1CC[C@]2(C(=O)O)CC[C@]3(C)C(=CCC4[C@@]5(C)CCC(=O)C(C)(C)C5CC[C@]43C)C2C1. The monoisotopic (exact) mass is 440 g/mol. The van der Waals surface area contributed by atoms with Gasteiger partial charge in [-0.2, -0.15) is 0 Å². The normalized spacial score (nSPS) is 52.1. The summed E-state index contributed by atoms with van der Waals surface area (Å²) in [5, 5.41) is 10.4. The molecule has 5 rings (SSSR count). The molecule has 0 aromatic carbocycles. The van der Waals surface area contributed by atoms with Gasteiger partial charge in [-0.15, -0.1) is 0 Å². The van der Waals surface area contributed by atoms with Crippen LogP contribution < -0.4 is 0 Å². The van der Waals surface area contributed by atoms with Crippen LogP contribution in [-0.4, -0.2) is 16.9 Å². The molecule has 32 heavy (non-hydrogen) atoms. The molecule has 4 saturated carbocycles. The summed E-state index contributed by atoms with van der Waals surface area (Å²) in [6, 6.07) is 0. The second kappa shape index (κ2) is 6.72. The molecule has 4 fully saturated rings. The van der Waals surface area contributed by atoms with E-state index in [1.165, 1.54) is 12.0 Å². The fraction of sp³-hybridized carbons (Fsp3) is 0.862. The Morgan fingerprint density at radius 3 is 2.38 bits per heavy atom. The maximum Gasteiger partial charge on any atom is 0.310 e. The first-order valence-corrected chi connectivity index (χ1v) is 13.3. The molecule has 0 aromatic rings. The number of hydrogen-bond donors (Lipinski definition) is 1. The smallest absolute Gasteiger partial charge is 0.310 e. The highest BCUT2D eigenvalue weighted by Gasteiger charge is 2.68. The Morgan fingerprint density at radius 2 is 1.69 bits per heavy atom. The third-order valence-electron chi connectivity index (χ3n) is 12.5. The Morgan fingerprint density at radius 1 is 0.969 bits per heavy atom. The van der Waals surface area contributed by atoms with Crippen LogP contribution in [0.1, 0.15) is 106 Å². The second-order valence-electron chi connectivity index (χ2n) is 13.8. The molecular formula is C29H44O3. The molecule has 5 aliphatic carbocycles. The standard InChI is InChI=1S/C29H44O3/c1-18-9-14-29(24(31)32)16-15-27(5)19(20(29)17-18)7-8-22-26(4)12-11-23(30)25(2,3)21(26)10-13-28(22,27)6/h7,18,20-22H,8-17H2,1-6H3,(H,31,32)/t18-,20?,21?,22?,26-,27+,28+,29-/m0/s1. The van der Waals surface area contributed by atoms with Gasteiger partial charge in [0.15, 0.2) is 0 Å². The molecule has 8 atom stereocenters. The van der Waals surface area contributed by atoms with E-state index in [2.05, 4.69) is 47.6 Å². The van der Waals surface area contributed by atoms with Crippen molar-refractivity contribution < 1.29 is 14.7 Å². The quantitative estimate of drug-likeness (QED) is 0.444. The zero-order valence-corrected chi connectivity index (χ0v) is 21.2. The largest absolute Gasteiger partial charge is 0.481 e. The van der Waals surface area contributed by atoms with Gasteiger partial charge in [-0.05, 0) is 97.7 Å². The molecule has 0 radical (unpaired) electrons. The van der Waals surface area contributed by atoms with Crippen molar-refractivity contribution in [3.8, 4) is 0 Å². The van der Waals surface area contributed by atoms with Crippen molar-refractivity contribution in [2.24, 2.45) is 50.7 Å². The van der Waals surface area contributed by atoms with E-state index in [0.717, 1.165) is 57.8 Å². The molecule has 3 nitrogen and oxygen atoms in total. The van der Waals surface area contributed by atoms with Crippen molar-refractivity contribution in [2.75, 3.05) is 0 Å². The molecule has 3 unspecified atom stereocenters. The topological polar surface area (TPSA) is 54.4 Å². The van der Waals surface area contributed by atoms with Gasteiger partial charge < -0.3 is 5.11 Å². The first-order valence-electron chi connectivity index (χ1n) is 13.3. The highest BCUT2D eigenvalue weighted by Crippen LogP contribution is 2.75. The average molecular weight is 441 g/mol. The van der Waals surface area contributed by atoms with Crippen LogP contribution in [0.25, 0.3) is 0 Å². The van der Waals surface area contributed by atoms with Gasteiger partial charge in [0.1, 0.15) is 5.78 Å². The number of carbonyl (C=O) groups is 2. The van der Waals surface area contributed by atoms with E-state index in [-0.39, 0.29) is 27.6 Å². The maximum atomic E-state index is 12.9. The molecular weight excluding hydrogens is 396 g/mol.